The molecule has 4 nitrogen and oxygen atoms in total. The van der Waals surface area contributed by atoms with Gasteiger partial charge in [-0.1, -0.05) is 12.1 Å². The van der Waals surface area contributed by atoms with Crippen molar-refractivity contribution < 1.29 is 4.21 Å². The van der Waals surface area contributed by atoms with E-state index < -0.39 is 10.8 Å². The largest absolute Gasteiger partial charge is 0.331 e. The molecule has 1 aromatic heterocycles. The van der Waals surface area contributed by atoms with Crippen molar-refractivity contribution in [2.45, 2.75) is 16.8 Å². The Hall–Kier alpha value is -0.910. The molecule has 1 aliphatic rings. The second-order valence-corrected chi connectivity index (χ2v) is 5.62. The number of nitrogens with zero attached hydrogens (tertiary/aromatic N) is 1. The summed E-state index contributed by atoms with van der Waals surface area (Å²) in [6.45, 7) is 1.78. The van der Waals surface area contributed by atoms with Gasteiger partial charge in [0.05, 0.1) is 27.1 Å². The van der Waals surface area contributed by atoms with Crippen molar-refractivity contribution in [3.8, 4) is 0 Å². The Morgan fingerprint density at radius 3 is 2.88 bits per heavy atom. The van der Waals surface area contributed by atoms with Crippen LogP contribution in [0.5, 0.6) is 0 Å². The predicted molar refractivity (Wildman–Crippen MR) is 71.0 cm³/mol. The number of halogens is 1. The highest BCUT2D eigenvalue weighted by atomic mass is 35.5. The van der Waals surface area contributed by atoms with Crippen LogP contribution in [0.1, 0.15) is 6.42 Å². The highest BCUT2D eigenvalue weighted by molar-refractivity contribution is 7.85. The van der Waals surface area contributed by atoms with Crippen LogP contribution in [0, 0.1) is 0 Å². The van der Waals surface area contributed by atoms with Crippen LogP contribution in [-0.4, -0.2) is 32.5 Å². The molecular weight excluding hydrogens is 258 g/mol. The average Bonchev–Trinajstić information content (AvgIpc) is 2.97. The predicted octanol–water partition coefficient (Wildman–Crippen LogP) is 1.45. The van der Waals surface area contributed by atoms with Crippen molar-refractivity contribution >= 4 is 34.2 Å². The van der Waals surface area contributed by atoms with E-state index in [1.165, 1.54) is 0 Å². The molecule has 1 fully saturated rings. The van der Waals surface area contributed by atoms with Crippen molar-refractivity contribution in [2.24, 2.45) is 0 Å². The van der Waals surface area contributed by atoms with Crippen molar-refractivity contribution in [3.05, 3.63) is 24.3 Å². The molecule has 1 aromatic carbocycles. The Labute approximate surface area is 108 Å². The monoisotopic (exact) mass is 271 g/mol. The molecule has 2 N–H and O–H groups in total. The number of rotatable bonds is 2. The number of aromatic nitrogens is 2. The zero-order valence-electron chi connectivity index (χ0n) is 9.18. The lowest BCUT2D eigenvalue weighted by atomic mass is 10.3. The van der Waals surface area contributed by atoms with E-state index in [2.05, 4.69) is 15.3 Å². The quantitative estimate of drug-likeness (QED) is 0.869. The smallest absolute Gasteiger partial charge is 0.197 e. The molecule has 3 rings (SSSR count). The lowest BCUT2D eigenvalue weighted by Crippen LogP contribution is -2.19. The fourth-order valence-corrected chi connectivity index (χ4v) is 3.31. The van der Waals surface area contributed by atoms with Gasteiger partial charge in [-0.25, -0.2) is 4.98 Å². The van der Waals surface area contributed by atoms with E-state index in [1.54, 1.807) is 0 Å². The molecule has 2 aromatic rings. The molecule has 6 heteroatoms. The zero-order chi connectivity index (χ0) is 11.0. The molecule has 92 valence electrons. The number of para-hydroxylation sites is 2. The fraction of sp³-hybridized carbons (Fsp3) is 0.364. The minimum Gasteiger partial charge on any atom is -0.331 e. The number of fused-ring (bicyclic) bond motifs is 1. The maximum Gasteiger partial charge on any atom is 0.197 e. The summed E-state index contributed by atoms with van der Waals surface area (Å²) >= 11 is 0. The molecule has 0 saturated carbocycles. The van der Waals surface area contributed by atoms with E-state index in [1.807, 2.05) is 24.3 Å². The first-order valence-corrected chi connectivity index (χ1v) is 6.62. The Balaban J connectivity index is 0.00000108. The second kappa shape index (κ2) is 5.16. The van der Waals surface area contributed by atoms with Gasteiger partial charge in [0.1, 0.15) is 0 Å². The van der Waals surface area contributed by atoms with Crippen LogP contribution in [0.4, 0.5) is 0 Å². The van der Waals surface area contributed by atoms with Crippen molar-refractivity contribution in [1.82, 2.24) is 15.3 Å². The lowest BCUT2D eigenvalue weighted by molar-refractivity contribution is 0.666. The first-order valence-electron chi connectivity index (χ1n) is 5.40. The van der Waals surface area contributed by atoms with Gasteiger partial charge in [0.15, 0.2) is 5.16 Å². The van der Waals surface area contributed by atoms with Crippen LogP contribution in [-0.2, 0) is 10.8 Å². The topological polar surface area (TPSA) is 57.8 Å². The number of benzene rings is 1. The van der Waals surface area contributed by atoms with Crippen molar-refractivity contribution in [3.63, 3.8) is 0 Å². The summed E-state index contributed by atoms with van der Waals surface area (Å²) in [5.41, 5.74) is 1.84. The Morgan fingerprint density at radius 1 is 1.35 bits per heavy atom. The number of imidazole rings is 1. The molecule has 0 radical (unpaired) electrons. The average molecular weight is 272 g/mol. The minimum atomic E-state index is -1.02. The Bertz CT molecular complexity index is 503. The van der Waals surface area contributed by atoms with Gasteiger partial charge in [-0.3, -0.25) is 4.21 Å². The second-order valence-electron chi connectivity index (χ2n) is 3.97. The van der Waals surface area contributed by atoms with E-state index >= 15 is 0 Å². The Morgan fingerprint density at radius 2 is 2.18 bits per heavy atom. The zero-order valence-corrected chi connectivity index (χ0v) is 10.8. The first-order chi connectivity index (χ1) is 7.84. The molecule has 0 spiro atoms. The summed E-state index contributed by atoms with van der Waals surface area (Å²) in [7, 11) is -1.02. The van der Waals surface area contributed by atoms with Gasteiger partial charge in [-0.15, -0.1) is 12.4 Å². The molecule has 1 unspecified atom stereocenters. The molecule has 2 atom stereocenters. The van der Waals surface area contributed by atoms with E-state index in [9.17, 15) is 4.21 Å². The number of aromatic amines is 1. The van der Waals surface area contributed by atoms with Gasteiger partial charge in [0, 0.05) is 6.54 Å². The number of nitrogens with one attached hydrogen (secondary N) is 2. The highest BCUT2D eigenvalue weighted by Gasteiger charge is 2.24. The first kappa shape index (κ1) is 12.5. The van der Waals surface area contributed by atoms with Gasteiger partial charge < -0.3 is 10.3 Å². The molecule has 2 heterocycles. The van der Waals surface area contributed by atoms with Crippen LogP contribution < -0.4 is 5.32 Å². The Kier molecular flexibility index (Phi) is 3.81. The summed E-state index contributed by atoms with van der Waals surface area (Å²) in [5, 5.41) is 4.02. The van der Waals surface area contributed by atoms with Crippen molar-refractivity contribution in [1.29, 1.82) is 0 Å². The van der Waals surface area contributed by atoms with Crippen molar-refractivity contribution in [2.75, 3.05) is 13.1 Å². The summed E-state index contributed by atoms with van der Waals surface area (Å²) in [6, 6.07) is 7.77. The maximum atomic E-state index is 12.2. The molecule has 0 amide bonds. The van der Waals surface area contributed by atoms with E-state index in [0.717, 1.165) is 30.5 Å². The van der Waals surface area contributed by atoms with Gasteiger partial charge in [0.2, 0.25) is 0 Å². The van der Waals surface area contributed by atoms with Gasteiger partial charge in [-0.2, -0.15) is 0 Å². The molecule has 1 saturated heterocycles. The third kappa shape index (κ3) is 2.36. The van der Waals surface area contributed by atoms with Crippen LogP contribution >= 0.6 is 12.4 Å². The lowest BCUT2D eigenvalue weighted by Gasteiger charge is -2.04. The third-order valence-electron chi connectivity index (χ3n) is 2.88. The van der Waals surface area contributed by atoms with Crippen LogP contribution in [0.25, 0.3) is 11.0 Å². The van der Waals surface area contributed by atoms with E-state index in [0.29, 0.717) is 5.16 Å². The van der Waals surface area contributed by atoms with Crippen LogP contribution in [0.3, 0.4) is 0 Å². The van der Waals surface area contributed by atoms with Crippen LogP contribution in [0.15, 0.2) is 29.4 Å². The SMILES string of the molecule is Cl.O=S(c1nc2ccccc2[nH]1)[C@H]1CCNC1. The molecule has 0 aliphatic carbocycles. The number of hydrogen-bond donors (Lipinski definition) is 2. The molecule has 1 aliphatic heterocycles. The number of hydrogen-bond acceptors (Lipinski definition) is 3. The summed E-state index contributed by atoms with van der Waals surface area (Å²) in [4.78, 5) is 7.51. The van der Waals surface area contributed by atoms with E-state index in [4.69, 9.17) is 0 Å². The van der Waals surface area contributed by atoms with Gasteiger partial charge >= 0.3 is 0 Å². The molecule has 0 bridgehead atoms. The summed E-state index contributed by atoms with van der Waals surface area (Å²) in [5.74, 6) is 0. The minimum absolute atomic E-state index is 0. The highest BCUT2D eigenvalue weighted by Crippen LogP contribution is 2.17. The third-order valence-corrected chi connectivity index (χ3v) is 4.46. The molecular formula is C11H14ClN3OS. The maximum absolute atomic E-state index is 12.2. The normalized spacial score (nSPS) is 21.3. The fourth-order valence-electron chi connectivity index (χ4n) is 1.99. The van der Waals surface area contributed by atoms with Gasteiger partial charge in [-0.05, 0) is 25.1 Å². The molecule has 17 heavy (non-hydrogen) atoms. The van der Waals surface area contributed by atoms with Crippen LogP contribution in [0.2, 0.25) is 0 Å². The summed E-state index contributed by atoms with van der Waals surface area (Å²) < 4.78 is 12.2. The number of H-pyrrole nitrogens is 1. The van der Waals surface area contributed by atoms with Gasteiger partial charge in [0.25, 0.3) is 0 Å². The summed E-state index contributed by atoms with van der Waals surface area (Å²) in [6.07, 6.45) is 0.962. The standard InChI is InChI=1S/C11H13N3OS.ClH/c15-16(8-5-6-12-7-8)11-13-9-3-1-2-4-10(9)14-11;/h1-4,8,12H,5-7H2,(H,13,14);1H/t8-,16?;/m0./s1. The van der Waals surface area contributed by atoms with E-state index in [-0.39, 0.29) is 17.7 Å².